The number of rotatable bonds is 19. The van der Waals surface area contributed by atoms with Gasteiger partial charge >= 0.3 is 35.8 Å². The molecule has 0 radical (unpaired) electrons. The van der Waals surface area contributed by atoms with Crippen LogP contribution in [0.5, 0.6) is 0 Å². The van der Waals surface area contributed by atoms with E-state index in [1.807, 2.05) is 62.3 Å². The number of methoxy groups -OCH3 is 2. The number of hydrogen-bond acceptors (Lipinski definition) is 15. The highest BCUT2D eigenvalue weighted by molar-refractivity contribution is 5.78. The second-order valence-corrected chi connectivity index (χ2v) is 20.0. The molecule has 0 heterocycles. The molecule has 0 aromatic rings. The molecule has 0 aromatic carbocycles. The minimum Gasteiger partial charge on any atom is -0.462 e. The number of carbonyl (C=O) groups is 6. The first-order valence-corrected chi connectivity index (χ1v) is 23.5. The third-order valence-electron chi connectivity index (χ3n) is 15.0. The van der Waals surface area contributed by atoms with Gasteiger partial charge in [0, 0.05) is 38.6 Å². The van der Waals surface area contributed by atoms with Crippen molar-refractivity contribution >= 4 is 35.8 Å². The molecule has 15 heteroatoms. The van der Waals surface area contributed by atoms with Crippen LogP contribution in [0.4, 0.5) is 0 Å². The van der Waals surface area contributed by atoms with Gasteiger partial charge in [-0.05, 0) is 129 Å². The van der Waals surface area contributed by atoms with Gasteiger partial charge in [0.25, 0.3) is 0 Å². The van der Waals surface area contributed by atoms with E-state index in [9.17, 15) is 28.8 Å². The smallest absolute Gasteiger partial charge is 0.311 e. The number of esters is 6. The number of ether oxygens (including phenoxy) is 9. The molecule has 0 amide bonds. The summed E-state index contributed by atoms with van der Waals surface area (Å²) in [5.74, 6) is 0.123. The average Bonchev–Trinajstić information content (AvgIpc) is 4.15. The van der Waals surface area contributed by atoms with Crippen LogP contribution in [-0.2, 0) is 71.4 Å². The van der Waals surface area contributed by atoms with Crippen molar-refractivity contribution in [2.45, 2.75) is 158 Å². The summed E-state index contributed by atoms with van der Waals surface area (Å²) < 4.78 is 46.9. The van der Waals surface area contributed by atoms with E-state index in [2.05, 4.69) is 0 Å². The van der Waals surface area contributed by atoms with Crippen molar-refractivity contribution in [3.63, 3.8) is 0 Å². The molecule has 13 unspecified atom stereocenters. The van der Waals surface area contributed by atoms with Crippen molar-refractivity contribution < 1.29 is 71.4 Å². The molecule has 0 N–H and O–H groups in total. The van der Waals surface area contributed by atoms with Crippen LogP contribution in [-0.4, -0.2) is 95.3 Å². The highest BCUT2D eigenvalue weighted by Gasteiger charge is 2.54. The maximum atomic E-state index is 12.3. The molecule has 13 atom stereocenters. The van der Waals surface area contributed by atoms with Crippen molar-refractivity contribution in [3.8, 4) is 0 Å². The van der Waals surface area contributed by atoms with Gasteiger partial charge < -0.3 is 42.6 Å². The summed E-state index contributed by atoms with van der Waals surface area (Å²) in [5.41, 5.74) is -0.930. The Hall–Kier alpha value is -3.30. The largest absolute Gasteiger partial charge is 0.462 e. The molecule has 0 aromatic heterocycles. The molecule has 63 heavy (non-hydrogen) atoms. The first-order chi connectivity index (χ1) is 29.8. The first kappa shape index (κ1) is 52.3. The quantitative estimate of drug-likeness (QED) is 0.0534. The normalized spacial score (nSPS) is 31.5. The molecular weight excluding hydrogens is 817 g/mol. The third-order valence-corrected chi connectivity index (χ3v) is 15.0. The van der Waals surface area contributed by atoms with Crippen LogP contribution >= 0.6 is 0 Å². The van der Waals surface area contributed by atoms with E-state index < -0.39 is 10.8 Å². The molecule has 6 fully saturated rings. The lowest BCUT2D eigenvalue weighted by molar-refractivity contribution is -0.172. The van der Waals surface area contributed by atoms with Crippen molar-refractivity contribution in [3.05, 3.63) is 0 Å². The van der Waals surface area contributed by atoms with Crippen LogP contribution < -0.4 is 0 Å². The van der Waals surface area contributed by atoms with Crippen molar-refractivity contribution in [2.24, 2.45) is 70.0 Å². The average molecular weight is 895 g/mol. The van der Waals surface area contributed by atoms with Gasteiger partial charge in [0.15, 0.2) is 20.4 Å². The summed E-state index contributed by atoms with van der Waals surface area (Å²) >= 11 is 0. The minimum atomic E-state index is -0.465. The Morgan fingerprint density at radius 2 is 0.857 bits per heavy atom. The molecule has 6 aliphatic rings. The predicted molar refractivity (Wildman–Crippen MR) is 229 cm³/mol. The Labute approximate surface area is 375 Å². The molecule has 360 valence electrons. The van der Waals surface area contributed by atoms with Gasteiger partial charge in [-0.25, -0.2) is 0 Å². The third kappa shape index (κ3) is 13.6. The zero-order valence-corrected chi connectivity index (χ0v) is 39.9. The molecule has 6 aliphatic carbocycles. The molecular formula is C48H78O15. The fourth-order valence-corrected chi connectivity index (χ4v) is 10.1. The maximum Gasteiger partial charge on any atom is 0.311 e. The summed E-state index contributed by atoms with van der Waals surface area (Å²) in [4.78, 5) is 72.5. The van der Waals surface area contributed by atoms with E-state index in [0.29, 0.717) is 24.4 Å². The van der Waals surface area contributed by atoms with Gasteiger partial charge in [-0.3, -0.25) is 28.8 Å². The Bertz CT molecular complexity index is 1540. The van der Waals surface area contributed by atoms with Crippen LogP contribution in [0.25, 0.3) is 0 Å². The molecule has 0 aliphatic heterocycles. The van der Waals surface area contributed by atoms with Gasteiger partial charge in [-0.2, -0.15) is 0 Å². The maximum absolute atomic E-state index is 12.3. The van der Waals surface area contributed by atoms with Gasteiger partial charge in [0.1, 0.15) is 18.3 Å². The second-order valence-electron chi connectivity index (χ2n) is 20.0. The summed E-state index contributed by atoms with van der Waals surface area (Å²) in [5, 5.41) is 0. The van der Waals surface area contributed by atoms with Gasteiger partial charge in [-0.15, -0.1) is 0 Å². The fraction of sp³-hybridized carbons (Fsp3) is 0.875. The van der Waals surface area contributed by atoms with Gasteiger partial charge in [-0.1, -0.05) is 27.7 Å². The first-order valence-electron chi connectivity index (χ1n) is 23.5. The lowest BCUT2D eigenvalue weighted by atomic mass is 9.86. The molecule has 6 bridgehead atoms. The van der Waals surface area contributed by atoms with Crippen LogP contribution in [0, 0.1) is 70.0 Å². The summed E-state index contributed by atoms with van der Waals surface area (Å²) in [6.07, 6.45) is 9.94. The standard InChI is InChI=1S/C17H28O5.C16H26O5.C15H24O5/c1-5-17(3,4)16(19)22-14-9-11-7-12(14)13(8-11)15(18)21-10-20-6-2;1-5-16(2,3)15(18)21-13-8-10-6-11(13)12(7-10)14(17)20-9-19-4;1-4-9(2)14(16)20-13-7-10-5-11(13)12(6-10)15(17)19-8-18-3/h11-14H,5-10H2,1-4H3;10-13H,5-9H2,1-4H3;9-13H,4-8H2,1-3H3. The van der Waals surface area contributed by atoms with E-state index in [0.717, 1.165) is 77.0 Å². The summed E-state index contributed by atoms with van der Waals surface area (Å²) in [6.45, 7) is 17.8. The molecule has 0 saturated heterocycles. The Morgan fingerprint density at radius 3 is 1.16 bits per heavy atom. The van der Waals surface area contributed by atoms with E-state index in [-0.39, 0.29) is 116 Å². The number of carbonyl (C=O) groups excluding carboxylic acids is 6. The second kappa shape index (κ2) is 23.8. The lowest BCUT2D eigenvalue weighted by Crippen LogP contribution is -2.37. The number of hydrogen-bond donors (Lipinski definition) is 0. The molecule has 6 saturated carbocycles. The highest BCUT2D eigenvalue weighted by atomic mass is 16.7. The van der Waals surface area contributed by atoms with Gasteiger partial charge in [0.2, 0.25) is 0 Å². The van der Waals surface area contributed by atoms with E-state index in [4.69, 9.17) is 42.6 Å². The van der Waals surface area contributed by atoms with Crippen molar-refractivity contribution in [2.75, 3.05) is 41.2 Å². The zero-order valence-electron chi connectivity index (χ0n) is 39.9. The predicted octanol–water partition coefficient (Wildman–Crippen LogP) is 7.58. The lowest BCUT2D eigenvalue weighted by Gasteiger charge is -2.31. The summed E-state index contributed by atoms with van der Waals surface area (Å²) in [7, 11) is 2.98. The fourth-order valence-electron chi connectivity index (χ4n) is 10.1. The van der Waals surface area contributed by atoms with E-state index >= 15 is 0 Å². The van der Waals surface area contributed by atoms with Gasteiger partial charge in [0.05, 0.1) is 34.5 Å². The van der Waals surface area contributed by atoms with Crippen LogP contribution in [0.2, 0.25) is 0 Å². The molecule has 0 spiro atoms. The van der Waals surface area contributed by atoms with E-state index in [1.165, 1.54) is 14.2 Å². The highest BCUT2D eigenvalue weighted by Crippen LogP contribution is 2.52. The van der Waals surface area contributed by atoms with E-state index in [1.54, 1.807) is 0 Å². The zero-order chi connectivity index (χ0) is 46.6. The topological polar surface area (TPSA) is 185 Å². The Kier molecular flexibility index (Phi) is 19.7. The minimum absolute atomic E-state index is 0.00988. The number of fused-ring (bicyclic) bond motifs is 6. The van der Waals surface area contributed by atoms with Crippen LogP contribution in [0.15, 0.2) is 0 Å². The Balaban J connectivity index is 0.000000208. The van der Waals surface area contributed by atoms with Crippen molar-refractivity contribution in [1.82, 2.24) is 0 Å². The van der Waals surface area contributed by atoms with Crippen LogP contribution in [0.1, 0.15) is 139 Å². The molecule has 15 nitrogen and oxygen atoms in total. The van der Waals surface area contributed by atoms with Crippen LogP contribution in [0.3, 0.4) is 0 Å². The molecule has 6 rings (SSSR count). The monoisotopic (exact) mass is 895 g/mol. The summed E-state index contributed by atoms with van der Waals surface area (Å²) in [6, 6.07) is 0. The Morgan fingerprint density at radius 1 is 0.508 bits per heavy atom. The van der Waals surface area contributed by atoms with Crippen molar-refractivity contribution in [1.29, 1.82) is 0 Å². The SMILES string of the molecule is CCC(C)(C)C(=O)OC1CC2CC(C(=O)OCOC)C1C2.CCC(C)C(=O)OC1CC2CC(C(=O)OCOC)C1C2.CCOCOC(=O)C1CC2CC(OC(=O)C(C)(C)CC)C1C2.